The van der Waals surface area contributed by atoms with E-state index >= 15 is 0 Å². The fourth-order valence-electron chi connectivity index (χ4n) is 13.3. The minimum Gasteiger partial charge on any atom is -0.310 e. The molecule has 3 aliphatic heterocycles. The summed E-state index contributed by atoms with van der Waals surface area (Å²) in [6, 6.07) is 61.1. The zero-order valence-corrected chi connectivity index (χ0v) is 42.1. The maximum Gasteiger partial charge on any atom is 0.0542 e. The number of fused-ring (bicyclic) bond motifs is 9. The summed E-state index contributed by atoms with van der Waals surface area (Å²) >= 11 is 0. The second kappa shape index (κ2) is 14.4. The van der Waals surface area contributed by atoms with E-state index in [-0.39, 0.29) is 27.6 Å². The quantitative estimate of drug-likeness (QED) is 0.175. The van der Waals surface area contributed by atoms with Crippen LogP contribution in [-0.2, 0) is 28.1 Å². The number of para-hydroxylation sites is 2. The highest BCUT2D eigenvalue weighted by molar-refractivity contribution is 6.07. The van der Waals surface area contributed by atoms with Gasteiger partial charge in [-0.2, -0.15) is 0 Å². The van der Waals surface area contributed by atoms with E-state index in [1.54, 1.807) is 0 Å². The highest BCUT2D eigenvalue weighted by Gasteiger charge is 2.48. The first kappa shape index (κ1) is 42.3. The van der Waals surface area contributed by atoms with Crippen molar-refractivity contribution >= 4 is 62.0 Å². The van der Waals surface area contributed by atoms with Crippen LogP contribution in [0.4, 0.5) is 45.5 Å². The molecule has 342 valence electrons. The smallest absolute Gasteiger partial charge is 0.0542 e. The highest BCUT2D eigenvalue weighted by Crippen LogP contribution is 2.65. The lowest BCUT2D eigenvalue weighted by Gasteiger charge is -2.48. The van der Waals surface area contributed by atoms with Crippen molar-refractivity contribution in [1.82, 2.24) is 0 Å². The van der Waals surface area contributed by atoms with Gasteiger partial charge in [-0.05, 0) is 165 Å². The van der Waals surface area contributed by atoms with Crippen molar-refractivity contribution in [2.75, 3.05) is 14.7 Å². The lowest BCUT2D eigenvalue weighted by Crippen LogP contribution is -2.35. The van der Waals surface area contributed by atoms with Crippen LogP contribution >= 0.6 is 0 Å². The van der Waals surface area contributed by atoms with E-state index in [1.165, 1.54) is 136 Å². The Morgan fingerprint density at radius 1 is 0.493 bits per heavy atom. The van der Waals surface area contributed by atoms with E-state index in [2.05, 4.69) is 242 Å². The Labute approximate surface area is 409 Å². The minimum absolute atomic E-state index is 0.00287. The lowest BCUT2D eigenvalue weighted by atomic mass is 9.63. The number of benzene rings is 8. The van der Waals surface area contributed by atoms with E-state index in [1.807, 2.05) is 0 Å². The molecule has 0 bridgehead atoms. The van der Waals surface area contributed by atoms with Crippen molar-refractivity contribution in [2.45, 2.75) is 116 Å². The number of hydrogen-bond acceptors (Lipinski definition) is 3. The molecule has 0 fully saturated rings. The van der Waals surface area contributed by atoms with Gasteiger partial charge in [0, 0.05) is 39.2 Å². The first-order valence-electron chi connectivity index (χ1n) is 25.4. The van der Waals surface area contributed by atoms with Crippen LogP contribution in [0.2, 0.25) is 0 Å². The number of nitrogens with zero attached hydrogens (tertiary/aromatic N) is 3. The van der Waals surface area contributed by atoms with E-state index in [9.17, 15) is 0 Å². The average molecular weight is 898 g/mol. The van der Waals surface area contributed by atoms with Gasteiger partial charge < -0.3 is 14.7 Å². The fourth-order valence-corrected chi connectivity index (χ4v) is 13.3. The second-order valence-corrected chi connectivity index (χ2v) is 23.7. The Balaban J connectivity index is 1.16. The third-order valence-electron chi connectivity index (χ3n) is 17.1. The molecule has 0 spiro atoms. The van der Waals surface area contributed by atoms with Crippen LogP contribution < -0.4 is 14.7 Å². The van der Waals surface area contributed by atoms with Crippen molar-refractivity contribution in [1.29, 1.82) is 0 Å². The van der Waals surface area contributed by atoms with Crippen LogP contribution in [0.1, 0.15) is 137 Å². The summed E-state index contributed by atoms with van der Waals surface area (Å²) < 4.78 is 0. The fraction of sp³-hybridized carbons (Fsp3) is 0.273. The number of hydrogen-bond donors (Lipinski definition) is 0. The Hall–Kier alpha value is -6.84. The molecular formula is C66H63N3. The van der Waals surface area contributed by atoms with E-state index < -0.39 is 0 Å². The average Bonchev–Trinajstić information content (AvgIpc) is 3.71. The van der Waals surface area contributed by atoms with Gasteiger partial charge in [-0.3, -0.25) is 0 Å². The largest absolute Gasteiger partial charge is 0.310 e. The molecule has 0 radical (unpaired) electrons. The summed E-state index contributed by atoms with van der Waals surface area (Å²) in [7, 11) is 0. The molecule has 13 rings (SSSR count). The van der Waals surface area contributed by atoms with Crippen molar-refractivity contribution < 1.29 is 0 Å². The molecule has 0 aromatic heterocycles. The lowest BCUT2D eigenvalue weighted by molar-refractivity contribution is 0.332. The molecule has 0 N–H and O–H groups in total. The first-order chi connectivity index (χ1) is 33.0. The summed E-state index contributed by atoms with van der Waals surface area (Å²) in [6.45, 7) is 24.1. The molecule has 3 nitrogen and oxygen atoms in total. The summed E-state index contributed by atoms with van der Waals surface area (Å²) in [4.78, 5) is 7.90. The van der Waals surface area contributed by atoms with E-state index in [0.29, 0.717) is 0 Å². The van der Waals surface area contributed by atoms with Gasteiger partial charge in [0.15, 0.2) is 0 Å². The molecule has 1 unspecified atom stereocenters. The molecule has 5 aliphatic rings. The minimum atomic E-state index is -0.269. The Morgan fingerprint density at radius 3 is 1.96 bits per heavy atom. The Bertz CT molecular complexity index is 3520. The summed E-state index contributed by atoms with van der Waals surface area (Å²) in [5.74, 6) is 0.0324. The maximum absolute atomic E-state index is 2.72. The summed E-state index contributed by atoms with van der Waals surface area (Å²) in [5, 5.41) is 2.49. The third kappa shape index (κ3) is 6.05. The van der Waals surface area contributed by atoms with Gasteiger partial charge in [0.25, 0.3) is 0 Å². The predicted octanol–water partition coefficient (Wildman–Crippen LogP) is 17.9. The topological polar surface area (TPSA) is 9.72 Å². The Morgan fingerprint density at radius 2 is 1.17 bits per heavy atom. The van der Waals surface area contributed by atoms with Gasteiger partial charge in [0.05, 0.1) is 39.8 Å². The highest BCUT2D eigenvalue weighted by atomic mass is 15.2. The Kier molecular flexibility index (Phi) is 8.80. The molecule has 0 saturated heterocycles. The number of rotatable bonds is 3. The molecule has 3 heterocycles. The SMILES string of the molecule is Cc1cc2c3c(c1)N(c1cccc4ccccc14)c1cc4c(cc1C3C1=C(c3cc(C(C)(C)C)ccc3C1)N2c1ccc2c(c1)C(C)(C)CCC2(C)C)C(C)(C)c1ccccc1N4c1ccccc1. The molecule has 1 atom stereocenters. The molecule has 8 aromatic rings. The van der Waals surface area contributed by atoms with Gasteiger partial charge in [-0.25, -0.2) is 0 Å². The zero-order valence-electron chi connectivity index (χ0n) is 42.1. The van der Waals surface area contributed by atoms with Gasteiger partial charge in [-0.1, -0.05) is 153 Å². The molecule has 3 heteroatoms. The van der Waals surface area contributed by atoms with Gasteiger partial charge >= 0.3 is 0 Å². The number of aryl methyl sites for hydroxylation is 1. The summed E-state index contributed by atoms with van der Waals surface area (Å²) in [5.41, 5.74) is 26.6. The zero-order chi connectivity index (χ0) is 47.5. The van der Waals surface area contributed by atoms with Gasteiger partial charge in [0.1, 0.15) is 0 Å². The van der Waals surface area contributed by atoms with Crippen molar-refractivity contribution in [2.24, 2.45) is 0 Å². The van der Waals surface area contributed by atoms with Crippen molar-refractivity contribution in [3.05, 3.63) is 219 Å². The second-order valence-electron chi connectivity index (χ2n) is 23.7. The molecule has 8 aromatic carbocycles. The standard InChI is InChI=1S/C66H63N3/c1-40-33-58-61-59(34-40)69(54-26-18-20-41-19-14-15-23-46(41)54)56-39-57-53(66(9,10)51-24-16-17-25-55(51)67(57)44-21-12-11-13-22-44)38-48(56)60(61)49-35-42-27-28-43(63(2,3)4)36-47(42)62(49)68(58)45-29-30-50-52(37-45)65(7,8)32-31-64(50,5)6/h11-30,33-34,36-39,60H,31-32,35H2,1-10H3. The van der Waals surface area contributed by atoms with Crippen LogP contribution in [0.3, 0.4) is 0 Å². The van der Waals surface area contributed by atoms with Crippen LogP contribution in [0.15, 0.2) is 163 Å². The van der Waals surface area contributed by atoms with Gasteiger partial charge in [0.2, 0.25) is 0 Å². The van der Waals surface area contributed by atoms with E-state index in [0.717, 1.165) is 6.42 Å². The van der Waals surface area contributed by atoms with Crippen LogP contribution in [0.25, 0.3) is 16.5 Å². The summed E-state index contributed by atoms with van der Waals surface area (Å²) in [6.07, 6.45) is 3.27. The third-order valence-corrected chi connectivity index (χ3v) is 17.1. The molecular weight excluding hydrogens is 835 g/mol. The number of anilines is 8. The maximum atomic E-state index is 2.72. The molecule has 0 saturated carbocycles. The van der Waals surface area contributed by atoms with E-state index in [4.69, 9.17) is 0 Å². The predicted molar refractivity (Wildman–Crippen MR) is 292 cm³/mol. The molecule has 0 amide bonds. The van der Waals surface area contributed by atoms with Crippen molar-refractivity contribution in [3.63, 3.8) is 0 Å². The van der Waals surface area contributed by atoms with Crippen LogP contribution in [-0.4, -0.2) is 0 Å². The number of allylic oxidation sites excluding steroid dienone is 1. The molecule has 2 aliphatic carbocycles. The first-order valence-corrected chi connectivity index (χ1v) is 25.4. The van der Waals surface area contributed by atoms with Crippen LogP contribution in [0, 0.1) is 6.92 Å². The van der Waals surface area contributed by atoms with Crippen LogP contribution in [0.5, 0.6) is 0 Å². The van der Waals surface area contributed by atoms with Gasteiger partial charge in [-0.15, -0.1) is 0 Å². The van der Waals surface area contributed by atoms with Crippen molar-refractivity contribution in [3.8, 4) is 0 Å². The monoisotopic (exact) mass is 898 g/mol. The normalized spacial score (nSPS) is 18.8. The molecule has 69 heavy (non-hydrogen) atoms.